The SMILES string of the molecule is CCn1nc(Cl)c2c1-c1cnc(NC=O)c(c1)O[C@H](C)c1cc(F)ccc1-c1nn(C)cc1C2. The van der Waals surface area contributed by atoms with Crippen molar-refractivity contribution in [3.05, 3.63) is 64.3 Å². The molecule has 0 aliphatic carbocycles. The van der Waals surface area contributed by atoms with Crippen LogP contribution in [-0.2, 0) is 24.8 Å². The highest BCUT2D eigenvalue weighted by atomic mass is 35.5. The van der Waals surface area contributed by atoms with Crippen LogP contribution in [-0.4, -0.2) is 31.0 Å². The molecule has 1 aliphatic rings. The summed E-state index contributed by atoms with van der Waals surface area (Å²) in [7, 11) is 1.84. The van der Waals surface area contributed by atoms with E-state index in [9.17, 15) is 9.18 Å². The van der Waals surface area contributed by atoms with Gasteiger partial charge in [-0.15, -0.1) is 0 Å². The van der Waals surface area contributed by atoms with Crippen LogP contribution in [0.4, 0.5) is 10.2 Å². The first-order chi connectivity index (χ1) is 16.4. The number of hydrogen-bond acceptors (Lipinski definition) is 5. The van der Waals surface area contributed by atoms with Gasteiger partial charge >= 0.3 is 0 Å². The van der Waals surface area contributed by atoms with Gasteiger partial charge in [-0.05, 0) is 38.1 Å². The van der Waals surface area contributed by atoms with Crippen molar-refractivity contribution in [3.8, 4) is 28.3 Å². The molecule has 0 radical (unpaired) electrons. The molecule has 0 spiro atoms. The number of anilines is 1. The van der Waals surface area contributed by atoms with Crippen molar-refractivity contribution >= 4 is 23.8 Å². The van der Waals surface area contributed by atoms with Crippen LogP contribution in [0.3, 0.4) is 0 Å². The molecule has 34 heavy (non-hydrogen) atoms. The Labute approximate surface area is 200 Å². The Hall–Kier alpha value is -3.72. The van der Waals surface area contributed by atoms with E-state index in [1.54, 1.807) is 23.0 Å². The number of nitrogens with one attached hydrogen (secondary N) is 1. The van der Waals surface area contributed by atoms with Gasteiger partial charge in [0.15, 0.2) is 16.7 Å². The molecular weight excluding hydrogens is 459 g/mol. The Balaban J connectivity index is 1.83. The van der Waals surface area contributed by atoms with Crippen molar-refractivity contribution in [1.29, 1.82) is 0 Å². The first kappa shape index (κ1) is 22.1. The third-order valence-corrected chi connectivity index (χ3v) is 6.21. The van der Waals surface area contributed by atoms with Crippen LogP contribution in [0.1, 0.15) is 36.6 Å². The predicted molar refractivity (Wildman–Crippen MR) is 126 cm³/mol. The van der Waals surface area contributed by atoms with Gasteiger partial charge in [-0.3, -0.25) is 14.2 Å². The fourth-order valence-corrected chi connectivity index (χ4v) is 4.68. The third kappa shape index (κ3) is 3.71. The fraction of sp³-hybridized carbons (Fsp3) is 0.250. The van der Waals surface area contributed by atoms with E-state index in [4.69, 9.17) is 16.3 Å². The molecule has 1 atom stereocenters. The van der Waals surface area contributed by atoms with Gasteiger partial charge in [-0.2, -0.15) is 10.2 Å². The third-order valence-electron chi connectivity index (χ3n) is 5.91. The van der Waals surface area contributed by atoms with Crippen LogP contribution in [0, 0.1) is 5.82 Å². The minimum atomic E-state index is -0.566. The number of carbonyl (C=O) groups excluding carboxylic acids is 1. The Morgan fingerprint density at radius 3 is 2.91 bits per heavy atom. The molecule has 3 aromatic heterocycles. The first-order valence-corrected chi connectivity index (χ1v) is 11.2. The van der Waals surface area contributed by atoms with Crippen LogP contribution in [0.25, 0.3) is 22.5 Å². The van der Waals surface area contributed by atoms with Gasteiger partial charge in [0.25, 0.3) is 0 Å². The van der Waals surface area contributed by atoms with Gasteiger partial charge in [0.2, 0.25) is 6.41 Å². The maximum atomic E-state index is 14.3. The molecule has 4 heterocycles. The monoisotopic (exact) mass is 480 g/mol. The molecule has 1 amide bonds. The summed E-state index contributed by atoms with van der Waals surface area (Å²) in [4.78, 5) is 15.6. The zero-order valence-corrected chi connectivity index (χ0v) is 19.6. The fourth-order valence-electron chi connectivity index (χ4n) is 4.43. The predicted octanol–water partition coefficient (Wildman–Crippen LogP) is 4.77. The van der Waals surface area contributed by atoms with Crippen molar-refractivity contribution < 1.29 is 13.9 Å². The quantitative estimate of drug-likeness (QED) is 0.427. The molecule has 0 saturated carbocycles. The lowest BCUT2D eigenvalue weighted by atomic mass is 9.94. The number of ether oxygens (including phenoxy) is 1. The Morgan fingerprint density at radius 2 is 2.15 bits per heavy atom. The topological polar surface area (TPSA) is 86.9 Å². The van der Waals surface area contributed by atoms with Crippen molar-refractivity contribution in [2.75, 3.05) is 5.32 Å². The maximum absolute atomic E-state index is 14.3. The summed E-state index contributed by atoms with van der Waals surface area (Å²) in [6.07, 6.45) is 4.02. The Kier molecular flexibility index (Phi) is 5.57. The van der Waals surface area contributed by atoms with Crippen molar-refractivity contribution in [2.24, 2.45) is 7.05 Å². The molecule has 10 heteroatoms. The maximum Gasteiger partial charge on any atom is 0.212 e. The standard InChI is InChI=1S/C24H22ClFN6O2/c1-4-32-22-14-8-20(24(27-10-14)28-12-33)34-13(2)18-9-16(26)5-6-17(18)21-15(11-31(3)29-21)7-19(22)23(25)30-32/h5-6,8-13H,4,7H2,1-3H3,(H,27,28,33)/t13-/m1/s1. The number of aromatic nitrogens is 5. The van der Waals surface area contributed by atoms with Crippen molar-refractivity contribution in [2.45, 2.75) is 32.9 Å². The largest absolute Gasteiger partial charge is 0.482 e. The molecule has 8 nitrogen and oxygen atoms in total. The number of nitrogens with zero attached hydrogens (tertiary/aromatic N) is 5. The molecular formula is C24H22ClFN6O2. The number of aryl methyl sites for hydroxylation is 2. The Bertz CT molecular complexity index is 1410. The number of carbonyl (C=O) groups is 1. The number of halogens is 2. The lowest BCUT2D eigenvalue weighted by Gasteiger charge is -2.21. The van der Waals surface area contributed by atoms with Gasteiger partial charge in [0.1, 0.15) is 11.9 Å². The van der Waals surface area contributed by atoms with E-state index in [0.29, 0.717) is 41.5 Å². The highest BCUT2D eigenvalue weighted by molar-refractivity contribution is 6.30. The van der Waals surface area contributed by atoms with Crippen LogP contribution < -0.4 is 10.1 Å². The average Bonchev–Trinajstić information content (AvgIpc) is 3.33. The summed E-state index contributed by atoms with van der Waals surface area (Å²) in [6.45, 7) is 4.40. The molecule has 5 rings (SSSR count). The lowest BCUT2D eigenvalue weighted by Crippen LogP contribution is -2.10. The second kappa shape index (κ2) is 8.57. The van der Waals surface area contributed by atoms with Gasteiger partial charge in [0, 0.05) is 60.2 Å². The van der Waals surface area contributed by atoms with Gasteiger partial charge < -0.3 is 10.1 Å². The summed E-state index contributed by atoms with van der Waals surface area (Å²) in [5, 5.41) is 12.2. The summed E-state index contributed by atoms with van der Waals surface area (Å²) in [6, 6.07) is 6.36. The summed E-state index contributed by atoms with van der Waals surface area (Å²) in [5.41, 5.74) is 5.38. The first-order valence-electron chi connectivity index (χ1n) is 10.8. The lowest BCUT2D eigenvalue weighted by molar-refractivity contribution is -0.105. The highest BCUT2D eigenvalue weighted by Crippen LogP contribution is 2.40. The molecule has 2 bridgehead atoms. The number of pyridine rings is 1. The normalized spacial score (nSPS) is 14.7. The van der Waals surface area contributed by atoms with E-state index < -0.39 is 6.10 Å². The number of hydrogen-bond donors (Lipinski definition) is 1. The number of fused-ring (bicyclic) bond motifs is 7. The van der Waals surface area contributed by atoms with Crippen LogP contribution in [0.15, 0.2) is 36.7 Å². The van der Waals surface area contributed by atoms with Crippen molar-refractivity contribution in [1.82, 2.24) is 24.5 Å². The molecule has 0 saturated heterocycles. The van der Waals surface area contributed by atoms with Crippen LogP contribution in [0.5, 0.6) is 5.75 Å². The van der Waals surface area contributed by atoms with E-state index in [1.165, 1.54) is 12.1 Å². The Morgan fingerprint density at radius 1 is 1.32 bits per heavy atom. The minimum Gasteiger partial charge on any atom is -0.482 e. The average molecular weight is 481 g/mol. The summed E-state index contributed by atoms with van der Waals surface area (Å²) >= 11 is 6.62. The van der Waals surface area contributed by atoms with Crippen LogP contribution >= 0.6 is 11.6 Å². The van der Waals surface area contributed by atoms with Gasteiger partial charge in [0.05, 0.1) is 11.4 Å². The molecule has 0 unspecified atom stereocenters. The van der Waals surface area contributed by atoms with Crippen molar-refractivity contribution in [3.63, 3.8) is 0 Å². The number of rotatable bonds is 3. The number of amides is 1. The molecule has 1 N–H and O–H groups in total. The van der Waals surface area contributed by atoms with E-state index in [1.807, 2.05) is 31.8 Å². The van der Waals surface area contributed by atoms with Gasteiger partial charge in [-0.25, -0.2) is 9.37 Å². The zero-order valence-electron chi connectivity index (χ0n) is 18.8. The smallest absolute Gasteiger partial charge is 0.212 e. The second-order valence-electron chi connectivity index (χ2n) is 8.11. The zero-order chi connectivity index (χ0) is 24.0. The van der Waals surface area contributed by atoms with Gasteiger partial charge in [-0.1, -0.05) is 11.6 Å². The molecule has 1 aliphatic heterocycles. The second-order valence-corrected chi connectivity index (χ2v) is 8.47. The molecule has 174 valence electrons. The van der Waals surface area contributed by atoms with E-state index in [0.717, 1.165) is 27.9 Å². The summed E-state index contributed by atoms with van der Waals surface area (Å²) < 4.78 is 24.1. The molecule has 0 fully saturated rings. The van der Waals surface area contributed by atoms with E-state index in [2.05, 4.69) is 20.5 Å². The highest BCUT2D eigenvalue weighted by Gasteiger charge is 2.26. The minimum absolute atomic E-state index is 0.259. The molecule has 4 aromatic rings. The van der Waals surface area contributed by atoms with Crippen LogP contribution in [0.2, 0.25) is 5.15 Å². The summed E-state index contributed by atoms with van der Waals surface area (Å²) in [5.74, 6) is 0.223. The van der Waals surface area contributed by atoms with E-state index >= 15 is 0 Å². The molecule has 1 aromatic carbocycles. The number of benzene rings is 1. The van der Waals surface area contributed by atoms with E-state index in [-0.39, 0.29) is 11.6 Å².